The van der Waals surface area contributed by atoms with Crippen LogP contribution in [0.25, 0.3) is 0 Å². The monoisotopic (exact) mass is 366 g/mol. The summed E-state index contributed by atoms with van der Waals surface area (Å²) in [4.78, 5) is 36.5. The molecule has 1 aromatic carbocycles. The van der Waals surface area contributed by atoms with Crippen molar-refractivity contribution in [3.8, 4) is 11.5 Å². The van der Waals surface area contributed by atoms with Crippen LogP contribution in [0.1, 0.15) is 30.6 Å². The fourth-order valence-electron chi connectivity index (χ4n) is 1.83. The number of hydrogen-bond donors (Lipinski definition) is 1. The van der Waals surface area contributed by atoms with Gasteiger partial charge in [0.05, 0.1) is 25.3 Å². The standard InChI is InChI=1S/C18H26N2O6/c1-5-9-25-14-8-7-13(10-15(14)24-6-2)18(23)26-12-16(21)19-11-17(22)20(3)4/h7-8,10H,5-6,9,11-12H2,1-4H3,(H,19,21). The average Bonchev–Trinajstić information content (AvgIpc) is 2.63. The van der Waals surface area contributed by atoms with Gasteiger partial charge in [-0.15, -0.1) is 0 Å². The Morgan fingerprint density at radius 2 is 1.81 bits per heavy atom. The van der Waals surface area contributed by atoms with Gasteiger partial charge in [-0.3, -0.25) is 9.59 Å². The van der Waals surface area contributed by atoms with Crippen LogP contribution in [0, 0.1) is 0 Å². The maximum absolute atomic E-state index is 12.1. The lowest BCUT2D eigenvalue weighted by atomic mass is 10.2. The summed E-state index contributed by atoms with van der Waals surface area (Å²) in [5, 5.41) is 2.38. The predicted octanol–water partition coefficient (Wildman–Crippen LogP) is 1.24. The van der Waals surface area contributed by atoms with Crippen molar-refractivity contribution < 1.29 is 28.6 Å². The molecule has 2 amide bonds. The number of rotatable bonds is 10. The molecular formula is C18H26N2O6. The van der Waals surface area contributed by atoms with E-state index in [2.05, 4.69) is 5.32 Å². The number of hydrogen-bond acceptors (Lipinski definition) is 6. The predicted molar refractivity (Wildman–Crippen MR) is 95.4 cm³/mol. The van der Waals surface area contributed by atoms with Crippen molar-refractivity contribution in [3.05, 3.63) is 23.8 Å². The van der Waals surface area contributed by atoms with Gasteiger partial charge in [0.25, 0.3) is 5.91 Å². The molecule has 0 fully saturated rings. The zero-order valence-electron chi connectivity index (χ0n) is 15.7. The number of nitrogens with zero attached hydrogens (tertiary/aromatic N) is 1. The van der Waals surface area contributed by atoms with Gasteiger partial charge in [0.15, 0.2) is 18.1 Å². The van der Waals surface area contributed by atoms with Gasteiger partial charge in [0.1, 0.15) is 0 Å². The molecule has 8 nitrogen and oxygen atoms in total. The lowest BCUT2D eigenvalue weighted by molar-refractivity contribution is -0.131. The minimum absolute atomic E-state index is 0.151. The van der Waals surface area contributed by atoms with Crippen molar-refractivity contribution in [3.63, 3.8) is 0 Å². The molecule has 0 radical (unpaired) electrons. The smallest absolute Gasteiger partial charge is 0.338 e. The van der Waals surface area contributed by atoms with Crippen LogP contribution < -0.4 is 14.8 Å². The molecule has 0 spiro atoms. The SMILES string of the molecule is CCCOc1ccc(C(=O)OCC(=O)NCC(=O)N(C)C)cc1OCC. The molecule has 0 atom stereocenters. The highest BCUT2D eigenvalue weighted by Crippen LogP contribution is 2.29. The Hall–Kier alpha value is -2.77. The van der Waals surface area contributed by atoms with Gasteiger partial charge in [0.2, 0.25) is 5.91 Å². The molecule has 0 aromatic heterocycles. The fourth-order valence-corrected chi connectivity index (χ4v) is 1.83. The minimum Gasteiger partial charge on any atom is -0.490 e. The van der Waals surface area contributed by atoms with Crippen LogP contribution in [0.2, 0.25) is 0 Å². The number of ether oxygens (including phenoxy) is 3. The van der Waals surface area contributed by atoms with E-state index in [1.54, 1.807) is 26.2 Å². The van der Waals surface area contributed by atoms with Gasteiger partial charge in [0, 0.05) is 14.1 Å². The number of likely N-dealkylation sites (N-methyl/N-ethyl adjacent to an activating group) is 1. The summed E-state index contributed by atoms with van der Waals surface area (Å²) in [7, 11) is 3.16. The highest BCUT2D eigenvalue weighted by molar-refractivity contribution is 5.92. The van der Waals surface area contributed by atoms with Crippen LogP contribution in [-0.2, 0) is 14.3 Å². The van der Waals surface area contributed by atoms with E-state index in [9.17, 15) is 14.4 Å². The maximum atomic E-state index is 12.1. The van der Waals surface area contributed by atoms with Gasteiger partial charge in [-0.1, -0.05) is 6.92 Å². The topological polar surface area (TPSA) is 94.2 Å². The molecule has 1 aromatic rings. The summed E-state index contributed by atoms with van der Waals surface area (Å²) in [6.45, 7) is 4.15. The van der Waals surface area contributed by atoms with Crippen molar-refractivity contribution >= 4 is 17.8 Å². The van der Waals surface area contributed by atoms with E-state index in [0.29, 0.717) is 24.7 Å². The number of carbonyl (C=O) groups excluding carboxylic acids is 3. The third-order valence-corrected chi connectivity index (χ3v) is 3.21. The van der Waals surface area contributed by atoms with E-state index in [-0.39, 0.29) is 18.0 Å². The number of esters is 1. The van der Waals surface area contributed by atoms with Crippen LogP contribution in [0.5, 0.6) is 11.5 Å². The second-order valence-electron chi connectivity index (χ2n) is 5.58. The summed E-state index contributed by atoms with van der Waals surface area (Å²) in [5.41, 5.74) is 0.245. The summed E-state index contributed by atoms with van der Waals surface area (Å²) < 4.78 is 16.0. The molecule has 0 saturated heterocycles. The Labute approximate surface area is 153 Å². The van der Waals surface area contributed by atoms with Crippen molar-refractivity contribution in [1.29, 1.82) is 0 Å². The molecule has 26 heavy (non-hydrogen) atoms. The lowest BCUT2D eigenvalue weighted by Gasteiger charge is -2.13. The first kappa shape index (κ1) is 21.3. The van der Waals surface area contributed by atoms with Crippen LogP contribution in [0.3, 0.4) is 0 Å². The summed E-state index contributed by atoms with van der Waals surface area (Å²) in [6, 6.07) is 4.70. The van der Waals surface area contributed by atoms with Crippen molar-refractivity contribution in [2.75, 3.05) is 40.5 Å². The van der Waals surface area contributed by atoms with Crippen LogP contribution in [-0.4, -0.2) is 63.1 Å². The van der Waals surface area contributed by atoms with Gasteiger partial charge < -0.3 is 24.4 Å². The van der Waals surface area contributed by atoms with Gasteiger partial charge in [-0.25, -0.2) is 4.79 Å². The largest absolute Gasteiger partial charge is 0.490 e. The molecule has 8 heteroatoms. The van der Waals surface area contributed by atoms with Crippen molar-refractivity contribution in [2.24, 2.45) is 0 Å². The Morgan fingerprint density at radius 3 is 2.42 bits per heavy atom. The molecule has 0 aliphatic heterocycles. The average molecular weight is 366 g/mol. The van der Waals surface area contributed by atoms with Gasteiger partial charge in [-0.05, 0) is 31.5 Å². The highest BCUT2D eigenvalue weighted by atomic mass is 16.5. The molecule has 1 rings (SSSR count). The first-order valence-corrected chi connectivity index (χ1v) is 8.42. The Balaban J connectivity index is 2.62. The van der Waals surface area contributed by atoms with Gasteiger partial charge >= 0.3 is 5.97 Å². The lowest BCUT2D eigenvalue weighted by Crippen LogP contribution is -2.38. The quantitative estimate of drug-likeness (QED) is 0.626. The van der Waals surface area contributed by atoms with E-state index < -0.39 is 18.5 Å². The first-order chi connectivity index (χ1) is 12.4. The van der Waals surface area contributed by atoms with Crippen LogP contribution in [0.4, 0.5) is 0 Å². The minimum atomic E-state index is -0.665. The normalized spacial score (nSPS) is 10.0. The third kappa shape index (κ3) is 7.00. The molecular weight excluding hydrogens is 340 g/mol. The highest BCUT2D eigenvalue weighted by Gasteiger charge is 2.15. The molecule has 144 valence electrons. The second kappa shape index (κ2) is 11.0. The molecule has 0 aliphatic rings. The van der Waals surface area contributed by atoms with Crippen LogP contribution in [0.15, 0.2) is 18.2 Å². The molecule has 0 bridgehead atoms. The van der Waals surface area contributed by atoms with Crippen LogP contribution >= 0.6 is 0 Å². The number of carbonyl (C=O) groups is 3. The third-order valence-electron chi connectivity index (χ3n) is 3.21. The first-order valence-electron chi connectivity index (χ1n) is 8.42. The molecule has 0 unspecified atom stereocenters. The Bertz CT molecular complexity index is 630. The van der Waals surface area contributed by atoms with Crippen molar-refractivity contribution in [1.82, 2.24) is 10.2 Å². The number of amides is 2. The van der Waals surface area contributed by atoms with E-state index in [1.807, 2.05) is 13.8 Å². The van der Waals surface area contributed by atoms with E-state index in [0.717, 1.165) is 6.42 Å². The summed E-state index contributed by atoms with van der Waals surface area (Å²) in [5.74, 6) is -0.487. The molecule has 0 saturated carbocycles. The maximum Gasteiger partial charge on any atom is 0.338 e. The Morgan fingerprint density at radius 1 is 1.08 bits per heavy atom. The fraction of sp³-hybridized carbons (Fsp3) is 0.500. The summed E-state index contributed by atoms with van der Waals surface area (Å²) >= 11 is 0. The van der Waals surface area contributed by atoms with Gasteiger partial charge in [-0.2, -0.15) is 0 Å². The van der Waals surface area contributed by atoms with E-state index >= 15 is 0 Å². The van der Waals surface area contributed by atoms with E-state index in [1.165, 1.54) is 11.0 Å². The zero-order chi connectivity index (χ0) is 19.5. The Kier molecular flexibility index (Phi) is 8.97. The molecule has 0 heterocycles. The number of nitrogens with one attached hydrogen (secondary N) is 1. The number of benzene rings is 1. The zero-order valence-corrected chi connectivity index (χ0v) is 15.7. The van der Waals surface area contributed by atoms with E-state index in [4.69, 9.17) is 14.2 Å². The molecule has 1 N–H and O–H groups in total. The summed E-state index contributed by atoms with van der Waals surface area (Å²) in [6.07, 6.45) is 0.848. The van der Waals surface area contributed by atoms with Crippen molar-refractivity contribution in [2.45, 2.75) is 20.3 Å². The second-order valence-corrected chi connectivity index (χ2v) is 5.58. The molecule has 0 aliphatic carbocycles.